The summed E-state index contributed by atoms with van der Waals surface area (Å²) in [6.07, 6.45) is 1.32. The fourth-order valence-electron chi connectivity index (χ4n) is 2.43. The minimum Gasteiger partial charge on any atom is -0.376 e. The standard InChI is InChI=1S/C15H15Cl2N3O/c1-18-15-10-8-21-6-5-13(10)19-14(20-15)7-9-11(16)3-2-4-12(9)17/h2-4H,5-8H2,1H3,(H,18,19,20). The van der Waals surface area contributed by atoms with Gasteiger partial charge in [-0.05, 0) is 17.7 Å². The zero-order valence-electron chi connectivity index (χ0n) is 11.6. The van der Waals surface area contributed by atoms with Crippen molar-refractivity contribution >= 4 is 29.0 Å². The summed E-state index contributed by atoms with van der Waals surface area (Å²) >= 11 is 12.4. The molecule has 0 amide bonds. The molecule has 1 aromatic carbocycles. The maximum absolute atomic E-state index is 6.22. The predicted molar refractivity (Wildman–Crippen MR) is 84.2 cm³/mol. The van der Waals surface area contributed by atoms with Crippen LogP contribution in [0.4, 0.5) is 5.82 Å². The number of anilines is 1. The zero-order chi connectivity index (χ0) is 14.8. The Morgan fingerprint density at radius 1 is 1.24 bits per heavy atom. The molecule has 0 bridgehead atoms. The summed E-state index contributed by atoms with van der Waals surface area (Å²) in [5.41, 5.74) is 2.94. The third-order valence-corrected chi connectivity index (χ3v) is 4.21. The van der Waals surface area contributed by atoms with Gasteiger partial charge in [0.2, 0.25) is 0 Å². The van der Waals surface area contributed by atoms with Crippen LogP contribution in [-0.2, 0) is 24.2 Å². The first-order chi connectivity index (χ1) is 10.2. The molecule has 1 aliphatic rings. The Labute approximate surface area is 133 Å². The highest BCUT2D eigenvalue weighted by atomic mass is 35.5. The number of hydrogen-bond acceptors (Lipinski definition) is 4. The lowest BCUT2D eigenvalue weighted by molar-refractivity contribution is 0.109. The second-order valence-electron chi connectivity index (χ2n) is 4.84. The van der Waals surface area contributed by atoms with E-state index in [2.05, 4.69) is 15.3 Å². The van der Waals surface area contributed by atoms with Gasteiger partial charge in [-0.2, -0.15) is 0 Å². The molecule has 1 N–H and O–H groups in total. The summed E-state index contributed by atoms with van der Waals surface area (Å²) in [5, 5.41) is 4.39. The Balaban J connectivity index is 1.99. The molecule has 1 aromatic heterocycles. The number of nitrogens with zero attached hydrogens (tertiary/aromatic N) is 2. The molecule has 6 heteroatoms. The second kappa shape index (κ2) is 6.18. The van der Waals surface area contributed by atoms with Crippen LogP contribution < -0.4 is 5.32 Å². The van der Waals surface area contributed by atoms with E-state index in [4.69, 9.17) is 27.9 Å². The van der Waals surface area contributed by atoms with E-state index in [0.29, 0.717) is 29.7 Å². The molecule has 110 valence electrons. The van der Waals surface area contributed by atoms with E-state index in [-0.39, 0.29) is 0 Å². The highest BCUT2D eigenvalue weighted by molar-refractivity contribution is 6.36. The van der Waals surface area contributed by atoms with Gasteiger partial charge < -0.3 is 10.1 Å². The van der Waals surface area contributed by atoms with Gasteiger partial charge in [0.25, 0.3) is 0 Å². The largest absolute Gasteiger partial charge is 0.376 e. The van der Waals surface area contributed by atoms with Gasteiger partial charge in [-0.25, -0.2) is 9.97 Å². The number of aromatic nitrogens is 2. The van der Waals surface area contributed by atoms with Gasteiger partial charge in [-0.15, -0.1) is 0 Å². The fraction of sp³-hybridized carbons (Fsp3) is 0.333. The predicted octanol–water partition coefficient (Wildman–Crippen LogP) is 3.49. The normalized spacial score (nSPS) is 13.9. The fourth-order valence-corrected chi connectivity index (χ4v) is 2.96. The summed E-state index contributed by atoms with van der Waals surface area (Å²) in [6, 6.07) is 5.49. The Hall–Kier alpha value is -1.36. The summed E-state index contributed by atoms with van der Waals surface area (Å²) in [7, 11) is 1.85. The van der Waals surface area contributed by atoms with Crippen LogP contribution in [0.2, 0.25) is 10.0 Å². The van der Waals surface area contributed by atoms with E-state index >= 15 is 0 Å². The first-order valence-electron chi connectivity index (χ1n) is 6.76. The van der Waals surface area contributed by atoms with Gasteiger partial charge in [0, 0.05) is 35.5 Å². The number of benzene rings is 1. The molecular weight excluding hydrogens is 309 g/mol. The molecule has 4 nitrogen and oxygen atoms in total. The van der Waals surface area contributed by atoms with E-state index in [1.807, 2.05) is 25.2 Å². The van der Waals surface area contributed by atoms with Crippen molar-refractivity contribution in [3.8, 4) is 0 Å². The van der Waals surface area contributed by atoms with Crippen molar-refractivity contribution in [2.75, 3.05) is 19.0 Å². The molecule has 2 aromatic rings. The van der Waals surface area contributed by atoms with Gasteiger partial charge in [0.05, 0.1) is 18.9 Å². The average Bonchev–Trinajstić information content (AvgIpc) is 2.50. The van der Waals surface area contributed by atoms with Crippen molar-refractivity contribution in [2.45, 2.75) is 19.4 Å². The second-order valence-corrected chi connectivity index (χ2v) is 5.66. The maximum atomic E-state index is 6.22. The number of fused-ring (bicyclic) bond motifs is 1. The maximum Gasteiger partial charge on any atom is 0.135 e. The van der Waals surface area contributed by atoms with Crippen LogP contribution >= 0.6 is 23.2 Å². The quantitative estimate of drug-likeness (QED) is 0.939. The highest BCUT2D eigenvalue weighted by Gasteiger charge is 2.18. The van der Waals surface area contributed by atoms with Gasteiger partial charge >= 0.3 is 0 Å². The van der Waals surface area contributed by atoms with Gasteiger partial charge in [-0.3, -0.25) is 0 Å². The van der Waals surface area contributed by atoms with Gasteiger partial charge in [-0.1, -0.05) is 29.3 Å². The Bertz CT molecular complexity index is 639. The molecule has 2 heterocycles. The summed E-state index contributed by atoms with van der Waals surface area (Å²) in [4.78, 5) is 9.21. The van der Waals surface area contributed by atoms with Crippen molar-refractivity contribution < 1.29 is 4.74 Å². The lowest BCUT2D eigenvalue weighted by Crippen LogP contribution is -2.17. The van der Waals surface area contributed by atoms with Crippen LogP contribution in [0.25, 0.3) is 0 Å². The lowest BCUT2D eigenvalue weighted by Gasteiger charge is -2.19. The monoisotopic (exact) mass is 323 g/mol. The summed E-state index contributed by atoms with van der Waals surface area (Å²) in [5.74, 6) is 1.54. The van der Waals surface area contributed by atoms with E-state index in [0.717, 1.165) is 34.9 Å². The van der Waals surface area contributed by atoms with Crippen molar-refractivity contribution in [1.29, 1.82) is 0 Å². The smallest absolute Gasteiger partial charge is 0.135 e. The van der Waals surface area contributed by atoms with Crippen LogP contribution in [0.1, 0.15) is 22.6 Å². The summed E-state index contributed by atoms with van der Waals surface area (Å²) in [6.45, 7) is 1.25. The third kappa shape index (κ3) is 2.98. The van der Waals surface area contributed by atoms with Crippen LogP contribution in [0.5, 0.6) is 0 Å². The first-order valence-corrected chi connectivity index (χ1v) is 7.51. The number of hydrogen-bond donors (Lipinski definition) is 1. The van der Waals surface area contributed by atoms with Crippen molar-refractivity contribution in [3.63, 3.8) is 0 Å². The van der Waals surface area contributed by atoms with Crippen LogP contribution in [0, 0.1) is 0 Å². The Morgan fingerprint density at radius 3 is 2.71 bits per heavy atom. The Kier molecular flexibility index (Phi) is 4.29. The third-order valence-electron chi connectivity index (χ3n) is 3.50. The van der Waals surface area contributed by atoms with Gasteiger partial charge in [0.15, 0.2) is 0 Å². The molecule has 0 aliphatic carbocycles. The molecule has 1 aliphatic heterocycles. The van der Waals surface area contributed by atoms with Crippen LogP contribution in [-0.4, -0.2) is 23.6 Å². The topological polar surface area (TPSA) is 47.0 Å². The van der Waals surface area contributed by atoms with Crippen molar-refractivity contribution in [2.24, 2.45) is 0 Å². The minimum atomic E-state index is 0.515. The molecule has 0 fully saturated rings. The van der Waals surface area contributed by atoms with Gasteiger partial charge in [0.1, 0.15) is 11.6 Å². The van der Waals surface area contributed by atoms with E-state index in [9.17, 15) is 0 Å². The molecule has 0 atom stereocenters. The zero-order valence-corrected chi connectivity index (χ0v) is 13.1. The number of ether oxygens (including phenoxy) is 1. The van der Waals surface area contributed by atoms with E-state index in [1.54, 1.807) is 0 Å². The van der Waals surface area contributed by atoms with E-state index in [1.165, 1.54) is 0 Å². The van der Waals surface area contributed by atoms with Crippen LogP contribution in [0.3, 0.4) is 0 Å². The minimum absolute atomic E-state index is 0.515. The number of nitrogens with one attached hydrogen (secondary N) is 1. The molecule has 0 saturated heterocycles. The summed E-state index contributed by atoms with van der Waals surface area (Å²) < 4.78 is 5.47. The SMILES string of the molecule is CNc1nc(Cc2c(Cl)cccc2Cl)nc2c1COCC2. The van der Waals surface area contributed by atoms with Crippen molar-refractivity contribution in [1.82, 2.24) is 9.97 Å². The van der Waals surface area contributed by atoms with Crippen molar-refractivity contribution in [3.05, 3.63) is 50.9 Å². The number of rotatable bonds is 3. The molecule has 3 rings (SSSR count). The molecule has 0 unspecified atom stereocenters. The Morgan fingerprint density at radius 2 is 2.00 bits per heavy atom. The molecule has 21 heavy (non-hydrogen) atoms. The lowest BCUT2D eigenvalue weighted by atomic mass is 10.1. The molecule has 0 spiro atoms. The molecule has 0 saturated carbocycles. The highest BCUT2D eigenvalue weighted by Crippen LogP contribution is 2.28. The average molecular weight is 324 g/mol. The van der Waals surface area contributed by atoms with Crippen LogP contribution in [0.15, 0.2) is 18.2 Å². The molecule has 0 radical (unpaired) electrons. The van der Waals surface area contributed by atoms with E-state index < -0.39 is 0 Å². The first kappa shape index (κ1) is 14.6. The molecular formula is C15H15Cl2N3O. The number of halogens is 2.